The fourth-order valence-corrected chi connectivity index (χ4v) is 3.61. The molecule has 1 atom stereocenters. The van der Waals surface area contributed by atoms with Crippen molar-refractivity contribution in [2.75, 3.05) is 30.3 Å². The molecule has 0 aromatic heterocycles. The van der Waals surface area contributed by atoms with Crippen molar-refractivity contribution in [2.24, 2.45) is 0 Å². The van der Waals surface area contributed by atoms with Gasteiger partial charge in [-0.25, -0.2) is 0 Å². The number of rotatable bonds is 8. The monoisotopic (exact) mass is 395 g/mol. The van der Waals surface area contributed by atoms with Crippen LogP contribution in [0.5, 0.6) is 5.75 Å². The van der Waals surface area contributed by atoms with Crippen molar-refractivity contribution < 1.29 is 14.3 Å². The van der Waals surface area contributed by atoms with Gasteiger partial charge in [0, 0.05) is 16.9 Å². The van der Waals surface area contributed by atoms with Gasteiger partial charge in [-0.15, -0.1) is 0 Å². The van der Waals surface area contributed by atoms with Gasteiger partial charge < -0.3 is 15.4 Å². The van der Waals surface area contributed by atoms with Crippen LogP contribution in [-0.4, -0.2) is 42.5 Å². The van der Waals surface area contributed by atoms with Crippen LogP contribution in [0.25, 0.3) is 0 Å². The molecule has 2 N–H and O–H groups in total. The smallest absolute Gasteiger partial charge is 0.255 e. The van der Waals surface area contributed by atoms with Crippen LogP contribution in [-0.2, 0) is 4.79 Å². The number of amides is 2. The Balaban J connectivity index is 1.56. The lowest BCUT2D eigenvalue weighted by Gasteiger charge is -2.23. The van der Waals surface area contributed by atoms with Crippen molar-refractivity contribution in [1.29, 1.82) is 0 Å². The summed E-state index contributed by atoms with van der Waals surface area (Å²) in [7, 11) is 0. The molecule has 29 heavy (non-hydrogen) atoms. The first-order chi connectivity index (χ1) is 14.1. The lowest BCUT2D eigenvalue weighted by Crippen LogP contribution is -2.39. The number of nitrogens with one attached hydrogen (secondary N) is 2. The maximum absolute atomic E-state index is 12.6. The second-order valence-electron chi connectivity index (χ2n) is 7.17. The number of carbonyl (C=O) groups is 2. The van der Waals surface area contributed by atoms with E-state index >= 15 is 0 Å². The van der Waals surface area contributed by atoms with E-state index in [1.807, 2.05) is 19.1 Å². The summed E-state index contributed by atoms with van der Waals surface area (Å²) in [6.07, 6.45) is 3.00. The highest BCUT2D eigenvalue weighted by molar-refractivity contribution is 6.04. The maximum atomic E-state index is 12.6. The summed E-state index contributed by atoms with van der Waals surface area (Å²) in [5, 5.41) is 5.84. The van der Waals surface area contributed by atoms with E-state index in [9.17, 15) is 9.59 Å². The van der Waals surface area contributed by atoms with Crippen molar-refractivity contribution in [3.63, 3.8) is 0 Å². The Hall–Kier alpha value is -2.86. The average molecular weight is 396 g/mol. The topological polar surface area (TPSA) is 70.7 Å². The highest BCUT2D eigenvalue weighted by Gasteiger charge is 2.29. The van der Waals surface area contributed by atoms with E-state index in [-0.39, 0.29) is 17.9 Å². The van der Waals surface area contributed by atoms with Gasteiger partial charge in [-0.1, -0.05) is 6.92 Å². The number of hydrogen-bond donors (Lipinski definition) is 2. The Morgan fingerprint density at radius 1 is 1.00 bits per heavy atom. The van der Waals surface area contributed by atoms with E-state index in [4.69, 9.17) is 4.74 Å². The molecule has 0 bridgehead atoms. The first kappa shape index (κ1) is 20.9. The van der Waals surface area contributed by atoms with Gasteiger partial charge in [0.25, 0.3) is 5.91 Å². The van der Waals surface area contributed by atoms with Crippen molar-refractivity contribution in [3.05, 3.63) is 54.1 Å². The molecular weight excluding hydrogens is 366 g/mol. The van der Waals surface area contributed by atoms with Gasteiger partial charge in [0.2, 0.25) is 5.91 Å². The fraction of sp³-hybridized carbons (Fsp3) is 0.391. The lowest BCUT2D eigenvalue weighted by molar-refractivity contribution is -0.120. The van der Waals surface area contributed by atoms with Crippen molar-refractivity contribution in [3.8, 4) is 5.75 Å². The SMILES string of the molecule is CCCN1CCCC1C(=O)Nc1ccc(C(=O)Nc2ccc(OCC)cc2)cc1. The molecule has 6 heteroatoms. The van der Waals surface area contributed by atoms with Crippen LogP contribution < -0.4 is 15.4 Å². The van der Waals surface area contributed by atoms with Crippen molar-refractivity contribution >= 4 is 23.2 Å². The quantitative estimate of drug-likeness (QED) is 0.704. The predicted molar refractivity (Wildman–Crippen MR) is 116 cm³/mol. The van der Waals surface area contributed by atoms with Crippen LogP contribution in [0, 0.1) is 0 Å². The van der Waals surface area contributed by atoms with Crippen LogP contribution in [0.2, 0.25) is 0 Å². The minimum atomic E-state index is -0.197. The Kier molecular flexibility index (Phi) is 7.25. The molecule has 154 valence electrons. The van der Waals surface area contributed by atoms with Crippen LogP contribution in [0.1, 0.15) is 43.5 Å². The Morgan fingerprint density at radius 3 is 2.31 bits per heavy atom. The van der Waals surface area contributed by atoms with Gasteiger partial charge >= 0.3 is 0 Å². The molecule has 1 unspecified atom stereocenters. The zero-order chi connectivity index (χ0) is 20.6. The molecule has 2 aromatic carbocycles. The molecule has 2 aromatic rings. The summed E-state index contributed by atoms with van der Waals surface area (Å²) >= 11 is 0. The lowest BCUT2D eigenvalue weighted by atomic mass is 10.1. The molecule has 6 nitrogen and oxygen atoms in total. The van der Waals surface area contributed by atoms with Crippen molar-refractivity contribution in [2.45, 2.75) is 39.2 Å². The number of nitrogens with zero attached hydrogens (tertiary/aromatic N) is 1. The summed E-state index contributed by atoms with van der Waals surface area (Å²) in [6.45, 7) is 6.59. The number of hydrogen-bond acceptors (Lipinski definition) is 4. The zero-order valence-electron chi connectivity index (χ0n) is 17.1. The summed E-state index contributed by atoms with van der Waals surface area (Å²) in [4.78, 5) is 27.3. The molecular formula is C23H29N3O3. The second kappa shape index (κ2) is 10.1. The molecule has 0 saturated carbocycles. The molecule has 0 aliphatic carbocycles. The first-order valence-corrected chi connectivity index (χ1v) is 10.3. The molecule has 1 aliphatic rings. The Labute approximate surface area is 172 Å². The van der Waals surface area contributed by atoms with Crippen LogP contribution in [0.4, 0.5) is 11.4 Å². The van der Waals surface area contributed by atoms with Crippen molar-refractivity contribution in [1.82, 2.24) is 4.90 Å². The summed E-state index contributed by atoms with van der Waals surface area (Å²) < 4.78 is 5.40. The van der Waals surface area contributed by atoms with E-state index in [0.717, 1.165) is 38.1 Å². The van der Waals surface area contributed by atoms with Gasteiger partial charge in [-0.3, -0.25) is 14.5 Å². The highest BCUT2D eigenvalue weighted by Crippen LogP contribution is 2.20. The molecule has 0 radical (unpaired) electrons. The second-order valence-corrected chi connectivity index (χ2v) is 7.17. The van der Waals surface area contributed by atoms with Crippen LogP contribution >= 0.6 is 0 Å². The summed E-state index contributed by atoms with van der Waals surface area (Å²) in [5.74, 6) is 0.602. The van der Waals surface area contributed by atoms with Gasteiger partial charge in [-0.05, 0) is 87.8 Å². The molecule has 2 amide bonds. The fourth-order valence-electron chi connectivity index (χ4n) is 3.61. The summed E-state index contributed by atoms with van der Waals surface area (Å²) in [5.41, 5.74) is 1.94. The first-order valence-electron chi connectivity index (χ1n) is 10.3. The molecule has 1 saturated heterocycles. The number of ether oxygens (including phenoxy) is 1. The Morgan fingerprint density at radius 2 is 1.66 bits per heavy atom. The molecule has 1 heterocycles. The van der Waals surface area contributed by atoms with E-state index in [0.29, 0.717) is 23.5 Å². The molecule has 3 rings (SSSR count). The minimum absolute atomic E-state index is 0.0301. The molecule has 1 fully saturated rings. The molecule has 1 aliphatic heterocycles. The van der Waals surface area contributed by atoms with E-state index in [1.54, 1.807) is 36.4 Å². The van der Waals surface area contributed by atoms with Gasteiger partial charge in [0.15, 0.2) is 0 Å². The third-order valence-electron chi connectivity index (χ3n) is 5.01. The number of anilines is 2. The molecule has 0 spiro atoms. The maximum Gasteiger partial charge on any atom is 0.255 e. The summed E-state index contributed by atoms with van der Waals surface area (Å²) in [6, 6.07) is 14.2. The number of benzene rings is 2. The van der Waals surface area contributed by atoms with Gasteiger partial charge in [-0.2, -0.15) is 0 Å². The zero-order valence-corrected chi connectivity index (χ0v) is 17.1. The average Bonchev–Trinajstić information content (AvgIpc) is 3.19. The Bertz CT molecular complexity index is 818. The highest BCUT2D eigenvalue weighted by atomic mass is 16.5. The minimum Gasteiger partial charge on any atom is -0.494 e. The third kappa shape index (κ3) is 5.57. The standard InChI is InChI=1S/C23H29N3O3/c1-3-15-26-16-5-6-21(26)23(28)25-18-9-7-17(8-10-18)22(27)24-19-11-13-20(14-12-19)29-4-2/h7-14,21H,3-6,15-16H2,1-2H3,(H,24,27)(H,25,28). The van der Waals surface area contributed by atoms with Gasteiger partial charge in [0.05, 0.1) is 12.6 Å². The van der Waals surface area contributed by atoms with E-state index in [1.165, 1.54) is 0 Å². The number of carbonyl (C=O) groups excluding carboxylic acids is 2. The van der Waals surface area contributed by atoms with E-state index in [2.05, 4.69) is 22.5 Å². The van der Waals surface area contributed by atoms with Gasteiger partial charge in [0.1, 0.15) is 5.75 Å². The van der Waals surface area contributed by atoms with E-state index < -0.39 is 0 Å². The van der Waals surface area contributed by atoms with Crippen LogP contribution in [0.15, 0.2) is 48.5 Å². The predicted octanol–water partition coefficient (Wildman–Crippen LogP) is 4.15. The normalized spacial score (nSPS) is 16.4. The largest absolute Gasteiger partial charge is 0.494 e. The van der Waals surface area contributed by atoms with Crippen LogP contribution in [0.3, 0.4) is 0 Å². The number of likely N-dealkylation sites (tertiary alicyclic amines) is 1. The third-order valence-corrected chi connectivity index (χ3v) is 5.01.